The third-order valence-corrected chi connectivity index (χ3v) is 3.84. The van der Waals surface area contributed by atoms with Gasteiger partial charge in [0, 0.05) is 12.7 Å². The van der Waals surface area contributed by atoms with Crippen molar-refractivity contribution in [3.8, 4) is 5.82 Å². The molecule has 0 radical (unpaired) electrons. The Morgan fingerprint density at radius 2 is 1.85 bits per heavy atom. The minimum Gasteiger partial charge on any atom is -0.348 e. The normalized spacial score (nSPS) is 11.4. The van der Waals surface area contributed by atoms with Crippen LogP contribution in [-0.4, -0.2) is 20.7 Å². The molecule has 0 unspecified atom stereocenters. The molecule has 0 saturated carbocycles. The lowest BCUT2D eigenvalue weighted by molar-refractivity contribution is -0.137. The monoisotopic (exact) mass is 360 g/mol. The summed E-state index contributed by atoms with van der Waals surface area (Å²) in [5, 5.41) is 6.85. The predicted molar refractivity (Wildman–Crippen MR) is 88.7 cm³/mol. The predicted octanol–water partition coefficient (Wildman–Crippen LogP) is 3.52. The maximum Gasteiger partial charge on any atom is 0.417 e. The highest BCUT2D eigenvalue weighted by Gasteiger charge is 2.30. The minimum absolute atomic E-state index is 0.206. The molecule has 134 valence electrons. The minimum atomic E-state index is -4.45. The van der Waals surface area contributed by atoms with Gasteiger partial charge in [-0.2, -0.15) is 18.3 Å². The molecule has 1 amide bonds. The second-order valence-electron chi connectivity index (χ2n) is 5.63. The van der Waals surface area contributed by atoms with Crippen LogP contribution in [0.4, 0.5) is 13.2 Å². The molecular formula is C18H15F3N4O. The van der Waals surface area contributed by atoms with Gasteiger partial charge in [0.2, 0.25) is 0 Å². The van der Waals surface area contributed by atoms with Gasteiger partial charge in [0.1, 0.15) is 0 Å². The van der Waals surface area contributed by atoms with Crippen molar-refractivity contribution in [2.24, 2.45) is 0 Å². The van der Waals surface area contributed by atoms with E-state index in [0.29, 0.717) is 17.8 Å². The van der Waals surface area contributed by atoms with Gasteiger partial charge in [0.15, 0.2) is 5.82 Å². The fraction of sp³-hybridized carbons (Fsp3) is 0.167. The molecule has 8 heteroatoms. The van der Waals surface area contributed by atoms with Crippen LogP contribution in [0.1, 0.15) is 27.2 Å². The molecule has 1 aromatic carbocycles. The second kappa shape index (κ2) is 6.99. The molecule has 3 rings (SSSR count). The molecule has 0 aliphatic carbocycles. The zero-order valence-electron chi connectivity index (χ0n) is 13.8. The Hall–Kier alpha value is -3.16. The number of hydrogen-bond donors (Lipinski definition) is 1. The lowest BCUT2D eigenvalue weighted by atomic mass is 10.2. The van der Waals surface area contributed by atoms with Crippen LogP contribution in [-0.2, 0) is 12.7 Å². The molecule has 1 N–H and O–H groups in total. The Labute approximate surface area is 147 Å². The zero-order chi connectivity index (χ0) is 18.7. The fourth-order valence-corrected chi connectivity index (χ4v) is 2.42. The van der Waals surface area contributed by atoms with Gasteiger partial charge in [0.05, 0.1) is 23.0 Å². The number of nitrogens with zero attached hydrogens (tertiary/aromatic N) is 3. The highest BCUT2D eigenvalue weighted by molar-refractivity contribution is 5.95. The van der Waals surface area contributed by atoms with E-state index in [1.54, 1.807) is 6.92 Å². The van der Waals surface area contributed by atoms with E-state index >= 15 is 0 Å². The van der Waals surface area contributed by atoms with Gasteiger partial charge in [-0.15, -0.1) is 0 Å². The fourth-order valence-electron chi connectivity index (χ4n) is 2.42. The zero-order valence-corrected chi connectivity index (χ0v) is 13.8. The van der Waals surface area contributed by atoms with Crippen LogP contribution in [0.2, 0.25) is 0 Å². The average Bonchev–Trinajstić information content (AvgIpc) is 3.01. The third kappa shape index (κ3) is 3.74. The van der Waals surface area contributed by atoms with Gasteiger partial charge in [0.25, 0.3) is 5.91 Å². The maximum absolute atomic E-state index is 12.6. The maximum atomic E-state index is 12.6. The second-order valence-corrected chi connectivity index (χ2v) is 5.63. The van der Waals surface area contributed by atoms with Crippen LogP contribution < -0.4 is 5.32 Å². The van der Waals surface area contributed by atoms with E-state index in [9.17, 15) is 18.0 Å². The number of carbonyl (C=O) groups excluding carboxylic acids is 1. The number of aromatic nitrogens is 3. The first-order valence-electron chi connectivity index (χ1n) is 7.76. The molecule has 3 aromatic rings. The van der Waals surface area contributed by atoms with Crippen LogP contribution in [0.5, 0.6) is 0 Å². The van der Waals surface area contributed by atoms with Crippen LogP contribution in [0, 0.1) is 6.92 Å². The summed E-state index contributed by atoms with van der Waals surface area (Å²) in [5.74, 6) is -0.109. The Balaban J connectivity index is 1.76. The molecule has 0 aliphatic heterocycles. The van der Waals surface area contributed by atoms with E-state index in [1.807, 2.05) is 30.3 Å². The molecule has 5 nitrogen and oxygen atoms in total. The van der Waals surface area contributed by atoms with Gasteiger partial charge in [-0.1, -0.05) is 30.3 Å². The van der Waals surface area contributed by atoms with Gasteiger partial charge < -0.3 is 5.32 Å². The lowest BCUT2D eigenvalue weighted by Gasteiger charge is -2.08. The van der Waals surface area contributed by atoms with Gasteiger partial charge in [-0.25, -0.2) is 9.67 Å². The van der Waals surface area contributed by atoms with Crippen molar-refractivity contribution in [1.82, 2.24) is 20.1 Å². The lowest BCUT2D eigenvalue weighted by Crippen LogP contribution is -2.23. The Bertz CT molecular complexity index is 902. The Kier molecular flexibility index (Phi) is 4.75. The first kappa shape index (κ1) is 17.7. The van der Waals surface area contributed by atoms with Crippen LogP contribution >= 0.6 is 0 Å². The summed E-state index contributed by atoms with van der Waals surface area (Å²) in [7, 11) is 0. The summed E-state index contributed by atoms with van der Waals surface area (Å²) < 4.78 is 39.2. The number of benzene rings is 1. The number of rotatable bonds is 4. The largest absolute Gasteiger partial charge is 0.417 e. The molecular weight excluding hydrogens is 345 g/mol. The van der Waals surface area contributed by atoms with E-state index in [4.69, 9.17) is 0 Å². The standard InChI is InChI=1S/C18H15F3N4O/c1-12-15(17(26)23-9-13-5-3-2-4-6-13)11-24-25(12)16-8-7-14(10-22-16)18(19,20)21/h2-8,10-11H,9H2,1H3,(H,23,26). The Morgan fingerprint density at radius 3 is 2.46 bits per heavy atom. The summed E-state index contributed by atoms with van der Waals surface area (Å²) in [5.41, 5.74) is 0.938. The van der Waals surface area contributed by atoms with E-state index in [2.05, 4.69) is 15.4 Å². The quantitative estimate of drug-likeness (QED) is 0.774. The number of nitrogens with one attached hydrogen (secondary N) is 1. The van der Waals surface area contributed by atoms with Crippen molar-refractivity contribution in [3.63, 3.8) is 0 Å². The number of halogens is 3. The van der Waals surface area contributed by atoms with Crippen LogP contribution in [0.25, 0.3) is 5.82 Å². The van der Waals surface area contributed by atoms with Crippen molar-refractivity contribution >= 4 is 5.91 Å². The number of carbonyl (C=O) groups is 1. The van der Waals surface area contributed by atoms with Gasteiger partial charge in [-0.3, -0.25) is 4.79 Å². The number of hydrogen-bond acceptors (Lipinski definition) is 3. The molecule has 26 heavy (non-hydrogen) atoms. The summed E-state index contributed by atoms with van der Waals surface area (Å²) in [4.78, 5) is 16.1. The first-order chi connectivity index (χ1) is 12.4. The van der Waals surface area contributed by atoms with E-state index in [0.717, 1.165) is 17.8 Å². The summed E-state index contributed by atoms with van der Waals surface area (Å²) in [6.45, 7) is 2.02. The molecule has 0 saturated heterocycles. The van der Waals surface area contributed by atoms with Crippen molar-refractivity contribution in [3.05, 3.63) is 77.2 Å². The van der Waals surface area contributed by atoms with E-state index in [1.165, 1.54) is 16.9 Å². The molecule has 0 fully saturated rings. The van der Waals surface area contributed by atoms with Gasteiger partial charge in [-0.05, 0) is 24.6 Å². The molecule has 2 aromatic heterocycles. The first-order valence-corrected chi connectivity index (χ1v) is 7.76. The summed E-state index contributed by atoms with van der Waals surface area (Å²) in [6, 6.07) is 11.6. The topological polar surface area (TPSA) is 59.8 Å². The van der Waals surface area contributed by atoms with Crippen molar-refractivity contribution < 1.29 is 18.0 Å². The van der Waals surface area contributed by atoms with Crippen LogP contribution in [0.3, 0.4) is 0 Å². The van der Waals surface area contributed by atoms with E-state index < -0.39 is 11.7 Å². The smallest absolute Gasteiger partial charge is 0.348 e. The Morgan fingerprint density at radius 1 is 1.12 bits per heavy atom. The highest BCUT2D eigenvalue weighted by atomic mass is 19.4. The SMILES string of the molecule is Cc1c(C(=O)NCc2ccccc2)cnn1-c1ccc(C(F)(F)F)cn1. The average molecular weight is 360 g/mol. The van der Waals surface area contributed by atoms with Crippen molar-refractivity contribution in [1.29, 1.82) is 0 Å². The summed E-state index contributed by atoms with van der Waals surface area (Å²) in [6.07, 6.45) is -2.34. The van der Waals surface area contributed by atoms with Gasteiger partial charge >= 0.3 is 6.18 Å². The molecule has 0 bridgehead atoms. The number of amides is 1. The molecule has 0 atom stereocenters. The van der Waals surface area contributed by atoms with Crippen molar-refractivity contribution in [2.45, 2.75) is 19.6 Å². The van der Waals surface area contributed by atoms with Crippen LogP contribution in [0.15, 0.2) is 54.9 Å². The molecule has 2 heterocycles. The highest BCUT2D eigenvalue weighted by Crippen LogP contribution is 2.28. The molecule has 0 spiro atoms. The third-order valence-electron chi connectivity index (χ3n) is 3.84. The van der Waals surface area contributed by atoms with Crippen molar-refractivity contribution in [2.75, 3.05) is 0 Å². The van der Waals surface area contributed by atoms with E-state index in [-0.39, 0.29) is 11.7 Å². The number of alkyl halides is 3. The molecule has 0 aliphatic rings. The summed E-state index contributed by atoms with van der Waals surface area (Å²) >= 11 is 0. The number of pyridine rings is 1.